The number of nitrogens with zero attached hydrogens (tertiary/aromatic N) is 2. The molecule has 0 saturated carbocycles. The van der Waals surface area contributed by atoms with Crippen LogP contribution in [-0.2, 0) is 6.54 Å². The van der Waals surface area contributed by atoms with Crippen molar-refractivity contribution in [3.63, 3.8) is 0 Å². The first-order valence-corrected chi connectivity index (χ1v) is 6.53. The van der Waals surface area contributed by atoms with Gasteiger partial charge in [0.05, 0.1) is 4.92 Å². The van der Waals surface area contributed by atoms with E-state index in [1.54, 1.807) is 12.1 Å². The first-order valence-electron chi connectivity index (χ1n) is 5.73. The predicted molar refractivity (Wildman–Crippen MR) is 70.0 cm³/mol. The molecule has 0 N–H and O–H groups in total. The Labute approximate surface area is 109 Å². The lowest BCUT2D eigenvalue weighted by molar-refractivity contribution is -0.385. The zero-order chi connectivity index (χ0) is 12.4. The van der Waals surface area contributed by atoms with E-state index in [9.17, 15) is 10.1 Å². The van der Waals surface area contributed by atoms with Crippen LogP contribution in [0.4, 0.5) is 5.69 Å². The SMILES string of the molecule is Cc1cc([N+](=O)[O-])cc(CN2CCCC2)c1Br. The van der Waals surface area contributed by atoms with E-state index in [0.29, 0.717) is 0 Å². The first kappa shape index (κ1) is 12.5. The maximum Gasteiger partial charge on any atom is 0.270 e. The third-order valence-electron chi connectivity index (χ3n) is 3.12. The van der Waals surface area contributed by atoms with E-state index in [1.165, 1.54) is 12.8 Å². The van der Waals surface area contributed by atoms with Crippen molar-refractivity contribution in [2.24, 2.45) is 0 Å². The van der Waals surface area contributed by atoms with Gasteiger partial charge in [-0.3, -0.25) is 15.0 Å². The number of rotatable bonds is 3. The first-order chi connectivity index (χ1) is 8.08. The number of hydrogen-bond donors (Lipinski definition) is 0. The second kappa shape index (κ2) is 5.14. The number of non-ortho nitro benzene ring substituents is 1. The minimum atomic E-state index is -0.326. The minimum Gasteiger partial charge on any atom is -0.299 e. The summed E-state index contributed by atoms with van der Waals surface area (Å²) < 4.78 is 0.995. The Kier molecular flexibility index (Phi) is 3.79. The number of hydrogen-bond acceptors (Lipinski definition) is 3. The van der Waals surface area contributed by atoms with Crippen molar-refractivity contribution in [3.8, 4) is 0 Å². The van der Waals surface area contributed by atoms with Gasteiger partial charge in [0.15, 0.2) is 0 Å². The van der Waals surface area contributed by atoms with Crippen LogP contribution in [-0.4, -0.2) is 22.9 Å². The summed E-state index contributed by atoms with van der Waals surface area (Å²) in [6.07, 6.45) is 2.46. The van der Waals surface area contributed by atoms with Crippen molar-refractivity contribution in [1.82, 2.24) is 4.90 Å². The molecule has 0 aliphatic carbocycles. The summed E-state index contributed by atoms with van der Waals surface area (Å²) >= 11 is 3.52. The number of likely N-dealkylation sites (tertiary alicyclic amines) is 1. The monoisotopic (exact) mass is 298 g/mol. The summed E-state index contributed by atoms with van der Waals surface area (Å²) in [5, 5.41) is 10.8. The molecule has 0 aromatic heterocycles. The molecule has 0 bridgehead atoms. The van der Waals surface area contributed by atoms with Crippen LogP contribution in [0.25, 0.3) is 0 Å². The number of nitro groups is 1. The molecule has 1 aliphatic rings. The van der Waals surface area contributed by atoms with Crippen LogP contribution in [0.2, 0.25) is 0 Å². The molecule has 17 heavy (non-hydrogen) atoms. The van der Waals surface area contributed by atoms with Crippen molar-refractivity contribution in [3.05, 3.63) is 37.8 Å². The molecular weight excluding hydrogens is 284 g/mol. The van der Waals surface area contributed by atoms with Crippen molar-refractivity contribution < 1.29 is 4.92 Å². The Morgan fingerprint density at radius 1 is 1.41 bits per heavy atom. The zero-order valence-electron chi connectivity index (χ0n) is 9.78. The van der Waals surface area contributed by atoms with Crippen molar-refractivity contribution in [2.45, 2.75) is 26.3 Å². The van der Waals surface area contributed by atoms with Crippen molar-refractivity contribution in [1.29, 1.82) is 0 Å². The van der Waals surface area contributed by atoms with E-state index < -0.39 is 0 Å². The van der Waals surface area contributed by atoms with Crippen LogP contribution in [0, 0.1) is 17.0 Å². The highest BCUT2D eigenvalue weighted by molar-refractivity contribution is 9.10. The molecule has 1 aromatic rings. The predicted octanol–water partition coefficient (Wildman–Crippen LogP) is 3.26. The summed E-state index contributed by atoms with van der Waals surface area (Å²) in [5.41, 5.74) is 2.12. The Morgan fingerprint density at radius 3 is 2.65 bits per heavy atom. The van der Waals surface area contributed by atoms with Crippen LogP contribution < -0.4 is 0 Å². The Bertz CT molecular complexity index is 442. The molecule has 1 fully saturated rings. The molecule has 5 heteroatoms. The fraction of sp³-hybridized carbons (Fsp3) is 0.500. The lowest BCUT2D eigenvalue weighted by Crippen LogP contribution is -2.18. The highest BCUT2D eigenvalue weighted by Crippen LogP contribution is 2.28. The molecule has 1 aromatic carbocycles. The second-order valence-electron chi connectivity index (χ2n) is 4.48. The van der Waals surface area contributed by atoms with Gasteiger partial charge in [-0.1, -0.05) is 15.9 Å². The molecule has 4 nitrogen and oxygen atoms in total. The smallest absolute Gasteiger partial charge is 0.270 e. The summed E-state index contributed by atoms with van der Waals surface area (Å²) in [4.78, 5) is 12.8. The fourth-order valence-corrected chi connectivity index (χ4v) is 2.58. The van der Waals surface area contributed by atoms with Crippen molar-refractivity contribution in [2.75, 3.05) is 13.1 Å². The van der Waals surface area contributed by atoms with Crippen LogP contribution in [0.15, 0.2) is 16.6 Å². The van der Waals surface area contributed by atoms with Crippen LogP contribution in [0.3, 0.4) is 0 Å². The summed E-state index contributed by atoms with van der Waals surface area (Å²) in [6, 6.07) is 3.28. The zero-order valence-corrected chi connectivity index (χ0v) is 11.4. The van der Waals surface area contributed by atoms with E-state index >= 15 is 0 Å². The van der Waals surface area contributed by atoms with Crippen LogP contribution in [0.5, 0.6) is 0 Å². The van der Waals surface area contributed by atoms with Gasteiger partial charge in [0, 0.05) is 23.2 Å². The molecule has 0 spiro atoms. The molecule has 1 heterocycles. The molecular formula is C12H15BrN2O2. The van der Waals surface area contributed by atoms with E-state index in [4.69, 9.17) is 0 Å². The van der Waals surface area contributed by atoms with Gasteiger partial charge in [0.25, 0.3) is 5.69 Å². The molecule has 2 rings (SSSR count). The third kappa shape index (κ3) is 2.84. The second-order valence-corrected chi connectivity index (χ2v) is 5.27. The molecule has 1 aliphatic heterocycles. The molecule has 0 amide bonds. The maximum absolute atomic E-state index is 10.8. The van der Waals surface area contributed by atoms with Gasteiger partial charge in [-0.05, 0) is 44.0 Å². The highest BCUT2D eigenvalue weighted by atomic mass is 79.9. The lowest BCUT2D eigenvalue weighted by Gasteiger charge is -2.16. The number of halogens is 1. The van der Waals surface area contributed by atoms with Gasteiger partial charge in [-0.15, -0.1) is 0 Å². The average Bonchev–Trinajstić information content (AvgIpc) is 2.77. The Hall–Kier alpha value is -0.940. The van der Waals surface area contributed by atoms with Crippen LogP contribution >= 0.6 is 15.9 Å². The number of benzene rings is 1. The van der Waals surface area contributed by atoms with Gasteiger partial charge in [-0.2, -0.15) is 0 Å². The summed E-state index contributed by atoms with van der Waals surface area (Å²) in [6.45, 7) is 4.87. The average molecular weight is 299 g/mol. The van der Waals surface area contributed by atoms with E-state index in [0.717, 1.165) is 35.2 Å². The molecule has 0 radical (unpaired) electrons. The molecule has 0 atom stereocenters. The quantitative estimate of drug-likeness (QED) is 0.635. The molecule has 92 valence electrons. The highest BCUT2D eigenvalue weighted by Gasteiger charge is 2.17. The van der Waals surface area contributed by atoms with Gasteiger partial charge in [-0.25, -0.2) is 0 Å². The third-order valence-corrected chi connectivity index (χ3v) is 4.25. The van der Waals surface area contributed by atoms with Gasteiger partial charge < -0.3 is 0 Å². The van der Waals surface area contributed by atoms with Gasteiger partial charge in [0.2, 0.25) is 0 Å². The molecule has 0 unspecified atom stereocenters. The van der Waals surface area contributed by atoms with Gasteiger partial charge in [0.1, 0.15) is 0 Å². The Morgan fingerprint density at radius 2 is 2.06 bits per heavy atom. The topological polar surface area (TPSA) is 46.4 Å². The van der Waals surface area contributed by atoms with Crippen LogP contribution in [0.1, 0.15) is 24.0 Å². The summed E-state index contributed by atoms with van der Waals surface area (Å²) in [7, 11) is 0. The minimum absolute atomic E-state index is 0.180. The Balaban J connectivity index is 2.27. The largest absolute Gasteiger partial charge is 0.299 e. The fourth-order valence-electron chi connectivity index (χ4n) is 2.22. The lowest BCUT2D eigenvalue weighted by atomic mass is 10.1. The van der Waals surface area contributed by atoms with E-state index in [2.05, 4.69) is 20.8 Å². The number of nitro benzene ring substituents is 1. The van der Waals surface area contributed by atoms with E-state index in [-0.39, 0.29) is 10.6 Å². The summed E-state index contributed by atoms with van der Waals surface area (Å²) in [5.74, 6) is 0. The van der Waals surface area contributed by atoms with Crippen molar-refractivity contribution >= 4 is 21.6 Å². The maximum atomic E-state index is 10.8. The molecule has 1 saturated heterocycles. The standard InChI is InChI=1S/C12H15BrN2O2/c1-9-6-11(15(16)17)7-10(12(9)13)8-14-4-2-3-5-14/h6-7H,2-5,8H2,1H3. The van der Waals surface area contributed by atoms with Gasteiger partial charge >= 0.3 is 0 Å². The van der Waals surface area contributed by atoms with E-state index in [1.807, 2.05) is 6.92 Å². The number of aryl methyl sites for hydroxylation is 1. The normalized spacial score (nSPS) is 16.4.